The molecule has 0 rings (SSSR count). The lowest BCUT2D eigenvalue weighted by atomic mass is 9.80. The molecule has 8 heteroatoms. The zero-order valence-electron chi connectivity index (χ0n) is 14.1. The number of ether oxygens (including phenoxy) is 4. The summed E-state index contributed by atoms with van der Waals surface area (Å²) in [6.45, 7) is 1.57. The van der Waals surface area contributed by atoms with Crippen molar-refractivity contribution in [3.8, 4) is 0 Å². The van der Waals surface area contributed by atoms with Gasteiger partial charge in [-0.3, -0.25) is 19.2 Å². The Bertz CT molecular complexity index is 415. The van der Waals surface area contributed by atoms with E-state index in [0.717, 1.165) is 14.2 Å². The number of hydrogen-bond acceptors (Lipinski definition) is 8. The van der Waals surface area contributed by atoms with Crippen LogP contribution < -0.4 is 0 Å². The summed E-state index contributed by atoms with van der Waals surface area (Å²) in [5.41, 5.74) is 0. The zero-order valence-corrected chi connectivity index (χ0v) is 14.1. The monoisotopic (exact) mass is 332 g/mol. The molecule has 0 aliphatic heterocycles. The minimum Gasteiger partial charge on any atom is -0.469 e. The van der Waals surface area contributed by atoms with E-state index < -0.39 is 41.6 Å². The molecule has 2 unspecified atom stereocenters. The van der Waals surface area contributed by atoms with Gasteiger partial charge in [-0.25, -0.2) is 0 Å². The lowest BCUT2D eigenvalue weighted by Gasteiger charge is -2.26. The Morgan fingerprint density at radius 1 is 0.783 bits per heavy atom. The Balaban J connectivity index is 5.18. The molecule has 0 N–H and O–H groups in total. The lowest BCUT2D eigenvalue weighted by molar-refractivity contribution is -0.164. The average molecular weight is 332 g/mol. The predicted octanol–water partition coefficient (Wildman–Crippen LogP) is 0.717. The van der Waals surface area contributed by atoms with Crippen molar-refractivity contribution in [2.75, 3.05) is 28.4 Å². The third kappa shape index (κ3) is 6.25. The van der Waals surface area contributed by atoms with Crippen molar-refractivity contribution in [1.29, 1.82) is 0 Å². The quantitative estimate of drug-likeness (QED) is 0.345. The van der Waals surface area contributed by atoms with Crippen LogP contribution in [0.15, 0.2) is 0 Å². The van der Waals surface area contributed by atoms with Crippen molar-refractivity contribution >= 4 is 23.9 Å². The SMILES string of the molecule is COC(=O)CCCC(C(=O)OC)C(C)C(C(=O)OC)C(=O)OC. The molecule has 0 amide bonds. The summed E-state index contributed by atoms with van der Waals surface area (Å²) < 4.78 is 18.5. The van der Waals surface area contributed by atoms with E-state index in [2.05, 4.69) is 14.2 Å². The van der Waals surface area contributed by atoms with Gasteiger partial charge in [-0.2, -0.15) is 0 Å². The van der Waals surface area contributed by atoms with Gasteiger partial charge < -0.3 is 18.9 Å². The smallest absolute Gasteiger partial charge is 0.320 e. The number of carbonyl (C=O) groups excluding carboxylic acids is 4. The maximum Gasteiger partial charge on any atom is 0.320 e. The molecule has 0 aromatic rings. The Morgan fingerprint density at radius 3 is 1.65 bits per heavy atom. The molecule has 0 saturated carbocycles. The highest BCUT2D eigenvalue weighted by atomic mass is 16.5. The summed E-state index contributed by atoms with van der Waals surface area (Å²) in [4.78, 5) is 46.8. The Labute approximate surface area is 135 Å². The van der Waals surface area contributed by atoms with Crippen molar-refractivity contribution in [3.05, 3.63) is 0 Å². The van der Waals surface area contributed by atoms with Crippen LogP contribution in [0, 0.1) is 17.8 Å². The first-order chi connectivity index (χ1) is 10.8. The fraction of sp³-hybridized carbons (Fsp3) is 0.733. The second-order valence-corrected chi connectivity index (χ2v) is 4.98. The normalized spacial score (nSPS) is 13.0. The minimum atomic E-state index is -1.24. The fourth-order valence-electron chi connectivity index (χ4n) is 2.33. The van der Waals surface area contributed by atoms with E-state index in [1.165, 1.54) is 14.2 Å². The van der Waals surface area contributed by atoms with Crippen LogP contribution in [0.4, 0.5) is 0 Å². The van der Waals surface area contributed by atoms with Crippen LogP contribution in [-0.4, -0.2) is 52.3 Å². The molecule has 0 aliphatic rings. The van der Waals surface area contributed by atoms with Crippen LogP contribution >= 0.6 is 0 Å². The van der Waals surface area contributed by atoms with Gasteiger partial charge in [-0.15, -0.1) is 0 Å². The van der Waals surface area contributed by atoms with E-state index in [-0.39, 0.29) is 12.8 Å². The highest BCUT2D eigenvalue weighted by Gasteiger charge is 2.41. The topological polar surface area (TPSA) is 105 Å². The molecule has 0 heterocycles. The molecule has 0 radical (unpaired) electrons. The Hall–Kier alpha value is -2.12. The molecular formula is C15H24O8. The largest absolute Gasteiger partial charge is 0.469 e. The van der Waals surface area contributed by atoms with Gasteiger partial charge in [-0.1, -0.05) is 6.92 Å². The van der Waals surface area contributed by atoms with Gasteiger partial charge in [-0.05, 0) is 18.8 Å². The van der Waals surface area contributed by atoms with Crippen LogP contribution in [0.2, 0.25) is 0 Å². The third-order valence-corrected chi connectivity index (χ3v) is 3.70. The molecule has 0 aromatic carbocycles. The summed E-state index contributed by atoms with van der Waals surface area (Å²) in [6, 6.07) is 0. The summed E-state index contributed by atoms with van der Waals surface area (Å²) >= 11 is 0. The van der Waals surface area contributed by atoms with E-state index in [0.29, 0.717) is 6.42 Å². The maximum absolute atomic E-state index is 12.0. The second kappa shape index (κ2) is 10.6. The van der Waals surface area contributed by atoms with Gasteiger partial charge >= 0.3 is 23.9 Å². The van der Waals surface area contributed by atoms with E-state index in [1.54, 1.807) is 6.92 Å². The number of methoxy groups -OCH3 is 4. The number of carbonyl (C=O) groups is 4. The fourth-order valence-corrected chi connectivity index (χ4v) is 2.33. The minimum absolute atomic E-state index is 0.123. The van der Waals surface area contributed by atoms with Crippen molar-refractivity contribution in [2.45, 2.75) is 26.2 Å². The summed E-state index contributed by atoms with van der Waals surface area (Å²) in [6.07, 6.45) is 0.733. The molecule has 0 fully saturated rings. The number of hydrogen-bond donors (Lipinski definition) is 0. The van der Waals surface area contributed by atoms with Crippen molar-refractivity contribution in [2.24, 2.45) is 17.8 Å². The van der Waals surface area contributed by atoms with Gasteiger partial charge in [0.1, 0.15) is 0 Å². The first-order valence-corrected chi connectivity index (χ1v) is 7.14. The van der Waals surface area contributed by atoms with Gasteiger partial charge in [0.25, 0.3) is 0 Å². The maximum atomic E-state index is 12.0. The standard InChI is InChI=1S/C15H24O8/c1-9(12(14(18)22-4)15(19)23-5)10(13(17)21-3)7-6-8-11(16)20-2/h9-10,12H,6-8H2,1-5H3. The van der Waals surface area contributed by atoms with Gasteiger partial charge in [0.15, 0.2) is 5.92 Å². The molecule has 0 aliphatic carbocycles. The Kier molecular flexibility index (Phi) is 9.60. The highest BCUT2D eigenvalue weighted by molar-refractivity contribution is 5.95. The van der Waals surface area contributed by atoms with E-state index in [9.17, 15) is 19.2 Å². The molecule has 0 bridgehead atoms. The van der Waals surface area contributed by atoms with E-state index >= 15 is 0 Å². The molecule has 0 saturated heterocycles. The van der Waals surface area contributed by atoms with Crippen LogP contribution in [0.5, 0.6) is 0 Å². The molecular weight excluding hydrogens is 308 g/mol. The van der Waals surface area contributed by atoms with Crippen LogP contribution in [-0.2, 0) is 38.1 Å². The second-order valence-electron chi connectivity index (χ2n) is 4.98. The highest BCUT2D eigenvalue weighted by Crippen LogP contribution is 2.28. The van der Waals surface area contributed by atoms with Gasteiger partial charge in [0, 0.05) is 6.42 Å². The molecule has 8 nitrogen and oxygen atoms in total. The van der Waals surface area contributed by atoms with Crippen LogP contribution in [0.1, 0.15) is 26.2 Å². The molecule has 132 valence electrons. The third-order valence-electron chi connectivity index (χ3n) is 3.70. The summed E-state index contributed by atoms with van der Waals surface area (Å²) in [5.74, 6) is -5.25. The summed E-state index contributed by atoms with van der Waals surface area (Å²) in [5, 5.41) is 0. The van der Waals surface area contributed by atoms with E-state index in [1.807, 2.05) is 0 Å². The first kappa shape index (κ1) is 20.9. The summed E-state index contributed by atoms with van der Waals surface area (Å²) in [7, 11) is 4.78. The average Bonchev–Trinajstić information content (AvgIpc) is 2.57. The lowest BCUT2D eigenvalue weighted by Crippen LogP contribution is -2.38. The van der Waals surface area contributed by atoms with Crippen molar-refractivity contribution < 1.29 is 38.1 Å². The molecule has 0 spiro atoms. The number of esters is 4. The number of rotatable bonds is 9. The zero-order chi connectivity index (χ0) is 18.0. The molecule has 0 aromatic heterocycles. The molecule has 2 atom stereocenters. The van der Waals surface area contributed by atoms with Gasteiger partial charge in [0.2, 0.25) is 0 Å². The van der Waals surface area contributed by atoms with Crippen LogP contribution in [0.3, 0.4) is 0 Å². The van der Waals surface area contributed by atoms with Crippen molar-refractivity contribution in [1.82, 2.24) is 0 Å². The molecule has 23 heavy (non-hydrogen) atoms. The van der Waals surface area contributed by atoms with Gasteiger partial charge in [0.05, 0.1) is 34.4 Å². The van der Waals surface area contributed by atoms with Crippen molar-refractivity contribution in [3.63, 3.8) is 0 Å². The predicted molar refractivity (Wildman–Crippen MR) is 78.1 cm³/mol. The Morgan fingerprint density at radius 2 is 1.26 bits per heavy atom. The van der Waals surface area contributed by atoms with E-state index in [4.69, 9.17) is 4.74 Å². The first-order valence-electron chi connectivity index (χ1n) is 7.14. The van der Waals surface area contributed by atoms with Crippen LogP contribution in [0.25, 0.3) is 0 Å².